The lowest BCUT2D eigenvalue weighted by molar-refractivity contribution is -0.130. The molecular weight excluding hydrogens is 391 g/mol. The van der Waals surface area contributed by atoms with E-state index in [0.29, 0.717) is 25.8 Å². The number of benzene rings is 3. The molecule has 1 atom stereocenters. The molecule has 0 aromatic heterocycles. The number of carbonyl (C=O) groups is 2. The number of primary amides is 1. The molecule has 0 spiro atoms. The molecule has 158 valence electrons. The van der Waals surface area contributed by atoms with E-state index in [1.807, 2.05) is 54.6 Å². The molecule has 1 heterocycles. The first kappa shape index (κ1) is 20.8. The topological polar surface area (TPSA) is 63.4 Å². The first-order chi connectivity index (χ1) is 15.0. The summed E-state index contributed by atoms with van der Waals surface area (Å²) in [5.74, 6) is -1.14. The van der Waals surface area contributed by atoms with Crippen molar-refractivity contribution in [2.75, 3.05) is 13.1 Å². The Morgan fingerprint density at radius 2 is 1.71 bits per heavy atom. The molecule has 2 amide bonds. The van der Waals surface area contributed by atoms with Crippen LogP contribution in [0.4, 0.5) is 4.39 Å². The average Bonchev–Trinajstić information content (AvgIpc) is 2.79. The summed E-state index contributed by atoms with van der Waals surface area (Å²) in [6.07, 6.45) is 1.72. The first-order valence-electron chi connectivity index (χ1n) is 10.5. The van der Waals surface area contributed by atoms with E-state index in [4.69, 9.17) is 5.73 Å². The average molecular weight is 416 g/mol. The number of hydrogen-bond donors (Lipinski definition) is 1. The monoisotopic (exact) mass is 416 g/mol. The van der Waals surface area contributed by atoms with Gasteiger partial charge in [-0.25, -0.2) is 4.39 Å². The summed E-state index contributed by atoms with van der Waals surface area (Å²) in [5.41, 5.74) is 8.49. The minimum Gasteiger partial charge on any atom is -0.369 e. The Balaban J connectivity index is 1.65. The fourth-order valence-corrected chi connectivity index (χ4v) is 4.48. The van der Waals surface area contributed by atoms with Crippen molar-refractivity contribution in [1.82, 2.24) is 4.90 Å². The number of hydrogen-bond acceptors (Lipinski definition) is 2. The highest BCUT2D eigenvalue weighted by Crippen LogP contribution is 2.37. The second-order valence-corrected chi connectivity index (χ2v) is 8.19. The molecule has 1 fully saturated rings. The Morgan fingerprint density at radius 3 is 2.45 bits per heavy atom. The lowest BCUT2D eigenvalue weighted by atomic mass is 9.73. The number of piperidine rings is 1. The molecule has 0 unspecified atom stereocenters. The van der Waals surface area contributed by atoms with Gasteiger partial charge in [0.15, 0.2) is 0 Å². The number of halogens is 1. The molecule has 1 saturated heterocycles. The number of amides is 2. The minimum absolute atomic E-state index is 0.223. The molecule has 4 rings (SSSR count). The van der Waals surface area contributed by atoms with Gasteiger partial charge in [-0.1, -0.05) is 60.7 Å². The van der Waals surface area contributed by atoms with Crippen LogP contribution in [-0.4, -0.2) is 29.8 Å². The van der Waals surface area contributed by atoms with Crippen LogP contribution in [0.3, 0.4) is 0 Å². The number of likely N-dealkylation sites (tertiary alicyclic amines) is 1. The molecule has 0 aliphatic carbocycles. The zero-order valence-electron chi connectivity index (χ0n) is 17.3. The maximum absolute atomic E-state index is 13.6. The van der Waals surface area contributed by atoms with Crippen LogP contribution in [0.1, 0.15) is 28.8 Å². The third-order valence-electron chi connectivity index (χ3n) is 6.09. The second kappa shape index (κ2) is 8.72. The molecule has 4 nitrogen and oxygen atoms in total. The number of carbonyl (C=O) groups excluding carboxylic acids is 2. The standard InChI is InChI=1S/C26H25FN2O2/c27-22-12-6-11-20(16-22)24(30)29-15-7-14-26(18-29,25(28)31)17-21-10-4-5-13-23(21)19-8-2-1-3-9-19/h1-6,8-13,16H,7,14-15,17-18H2,(H2,28,31)/t26-/m0/s1. The Hall–Kier alpha value is -3.47. The van der Waals surface area contributed by atoms with Gasteiger partial charge >= 0.3 is 0 Å². The van der Waals surface area contributed by atoms with Crippen molar-refractivity contribution in [1.29, 1.82) is 0 Å². The fourth-order valence-electron chi connectivity index (χ4n) is 4.48. The Labute approximate surface area is 181 Å². The lowest BCUT2D eigenvalue weighted by Gasteiger charge is -2.41. The van der Waals surface area contributed by atoms with E-state index < -0.39 is 17.1 Å². The maximum Gasteiger partial charge on any atom is 0.253 e. The van der Waals surface area contributed by atoms with E-state index in [2.05, 4.69) is 0 Å². The molecule has 2 N–H and O–H groups in total. The molecule has 0 saturated carbocycles. The van der Waals surface area contributed by atoms with Crippen LogP contribution in [0.5, 0.6) is 0 Å². The fraction of sp³-hybridized carbons (Fsp3) is 0.231. The summed E-state index contributed by atoms with van der Waals surface area (Å²) in [6, 6.07) is 23.6. The van der Waals surface area contributed by atoms with Crippen molar-refractivity contribution in [2.24, 2.45) is 11.1 Å². The Morgan fingerprint density at radius 1 is 0.968 bits per heavy atom. The van der Waals surface area contributed by atoms with Gasteiger partial charge in [0.25, 0.3) is 5.91 Å². The van der Waals surface area contributed by atoms with Crippen molar-refractivity contribution in [3.63, 3.8) is 0 Å². The van der Waals surface area contributed by atoms with Gasteiger partial charge in [0.05, 0.1) is 5.41 Å². The van der Waals surface area contributed by atoms with Gasteiger partial charge < -0.3 is 10.6 Å². The van der Waals surface area contributed by atoms with Crippen molar-refractivity contribution in [2.45, 2.75) is 19.3 Å². The smallest absolute Gasteiger partial charge is 0.253 e. The predicted molar refractivity (Wildman–Crippen MR) is 119 cm³/mol. The molecule has 0 radical (unpaired) electrons. The van der Waals surface area contributed by atoms with Crippen LogP contribution in [0, 0.1) is 11.2 Å². The lowest BCUT2D eigenvalue weighted by Crippen LogP contribution is -2.53. The zero-order valence-corrected chi connectivity index (χ0v) is 17.3. The summed E-state index contributed by atoms with van der Waals surface area (Å²) in [5, 5.41) is 0. The van der Waals surface area contributed by atoms with Gasteiger partial charge in [0.2, 0.25) is 5.91 Å². The Kier molecular flexibility index (Phi) is 5.85. The zero-order chi connectivity index (χ0) is 21.8. The summed E-state index contributed by atoms with van der Waals surface area (Å²) in [6.45, 7) is 0.742. The third kappa shape index (κ3) is 4.36. The van der Waals surface area contributed by atoms with Crippen LogP contribution in [-0.2, 0) is 11.2 Å². The van der Waals surface area contributed by atoms with Crippen LogP contribution in [0.2, 0.25) is 0 Å². The summed E-state index contributed by atoms with van der Waals surface area (Å²) in [4.78, 5) is 27.4. The minimum atomic E-state index is -0.869. The number of rotatable bonds is 5. The molecule has 5 heteroatoms. The van der Waals surface area contributed by atoms with Gasteiger partial charge in [0, 0.05) is 18.7 Å². The quantitative estimate of drug-likeness (QED) is 0.668. The van der Waals surface area contributed by atoms with E-state index in [1.165, 1.54) is 18.2 Å². The molecule has 1 aliphatic heterocycles. The van der Waals surface area contributed by atoms with E-state index in [1.54, 1.807) is 11.0 Å². The predicted octanol–water partition coefficient (Wildman–Crippen LogP) is 4.44. The van der Waals surface area contributed by atoms with Crippen molar-refractivity contribution in [3.8, 4) is 11.1 Å². The van der Waals surface area contributed by atoms with Gasteiger partial charge in [0.1, 0.15) is 5.82 Å². The van der Waals surface area contributed by atoms with Crippen LogP contribution in [0.25, 0.3) is 11.1 Å². The highest BCUT2D eigenvalue weighted by Gasteiger charge is 2.42. The summed E-state index contributed by atoms with van der Waals surface area (Å²) < 4.78 is 13.6. The van der Waals surface area contributed by atoms with Crippen LogP contribution in [0.15, 0.2) is 78.9 Å². The van der Waals surface area contributed by atoms with E-state index >= 15 is 0 Å². The number of nitrogens with zero attached hydrogens (tertiary/aromatic N) is 1. The van der Waals surface area contributed by atoms with E-state index in [9.17, 15) is 14.0 Å². The first-order valence-corrected chi connectivity index (χ1v) is 10.5. The van der Waals surface area contributed by atoms with Gasteiger partial charge in [-0.05, 0) is 54.2 Å². The van der Waals surface area contributed by atoms with Gasteiger partial charge in [-0.2, -0.15) is 0 Å². The highest BCUT2D eigenvalue weighted by atomic mass is 19.1. The molecule has 31 heavy (non-hydrogen) atoms. The Bertz CT molecular complexity index is 1100. The van der Waals surface area contributed by atoms with E-state index in [-0.39, 0.29) is 18.0 Å². The molecule has 1 aliphatic rings. The summed E-state index contributed by atoms with van der Waals surface area (Å²) in [7, 11) is 0. The molecular formula is C26H25FN2O2. The summed E-state index contributed by atoms with van der Waals surface area (Å²) >= 11 is 0. The largest absolute Gasteiger partial charge is 0.369 e. The molecule has 3 aromatic rings. The second-order valence-electron chi connectivity index (χ2n) is 8.19. The SMILES string of the molecule is NC(=O)[C@]1(Cc2ccccc2-c2ccccc2)CCCN(C(=O)c2cccc(F)c2)C1. The third-order valence-corrected chi connectivity index (χ3v) is 6.09. The van der Waals surface area contributed by atoms with Crippen molar-refractivity contribution in [3.05, 3.63) is 95.8 Å². The van der Waals surface area contributed by atoms with Crippen LogP contribution >= 0.6 is 0 Å². The maximum atomic E-state index is 13.6. The van der Waals surface area contributed by atoms with Gasteiger partial charge in [-0.15, -0.1) is 0 Å². The van der Waals surface area contributed by atoms with Crippen LogP contribution < -0.4 is 5.73 Å². The van der Waals surface area contributed by atoms with Crippen molar-refractivity contribution < 1.29 is 14.0 Å². The van der Waals surface area contributed by atoms with Crippen molar-refractivity contribution >= 4 is 11.8 Å². The number of nitrogens with two attached hydrogens (primary N) is 1. The molecule has 0 bridgehead atoms. The molecule has 3 aromatic carbocycles. The normalized spacial score (nSPS) is 18.5. The van der Waals surface area contributed by atoms with Gasteiger partial charge in [-0.3, -0.25) is 9.59 Å². The van der Waals surface area contributed by atoms with E-state index in [0.717, 1.165) is 16.7 Å². The highest BCUT2D eigenvalue weighted by molar-refractivity contribution is 5.95.